The zero-order chi connectivity index (χ0) is 18.3. The van der Waals surface area contributed by atoms with Gasteiger partial charge in [-0.2, -0.15) is 0 Å². The fraction of sp³-hybridized carbons (Fsp3) is 1.00. The zero-order valence-corrected chi connectivity index (χ0v) is 18.5. The lowest BCUT2D eigenvalue weighted by Gasteiger charge is -2.41. The van der Waals surface area contributed by atoms with Crippen LogP contribution in [0.4, 0.5) is 8.78 Å². The highest BCUT2D eigenvalue weighted by Crippen LogP contribution is 2.45. The second kappa shape index (κ2) is 15.6. The second-order valence-electron chi connectivity index (χ2n) is 8.78. The molecular weight excluding hydrogens is 350 g/mol. The first-order valence-electron chi connectivity index (χ1n) is 10.7. The molecule has 6 N–H and O–H groups in total. The molecule has 5 unspecified atom stereocenters. The fourth-order valence-corrected chi connectivity index (χ4v) is 4.85. The third-order valence-corrected chi connectivity index (χ3v) is 6.54. The van der Waals surface area contributed by atoms with Gasteiger partial charge >= 0.3 is 0 Å². The molecule has 0 aromatic heterocycles. The van der Waals surface area contributed by atoms with Crippen molar-refractivity contribution in [2.75, 3.05) is 0 Å². The van der Waals surface area contributed by atoms with Crippen LogP contribution in [0.25, 0.3) is 0 Å². The molecule has 2 rings (SSSR count). The third-order valence-electron chi connectivity index (χ3n) is 6.54. The molecule has 2 aliphatic rings. The third kappa shape index (κ3) is 9.67. The van der Waals surface area contributed by atoms with Gasteiger partial charge in [-0.3, -0.25) is 0 Å². The maximum Gasteiger partial charge on any atom is 0.103 e. The summed E-state index contributed by atoms with van der Waals surface area (Å²) in [6, 6.07) is 0. The Hall–Kier alpha value is -0.260. The lowest BCUT2D eigenvalue weighted by Crippen LogP contribution is -2.37. The highest BCUT2D eigenvalue weighted by atomic mass is 19.1. The van der Waals surface area contributed by atoms with Crippen molar-refractivity contribution < 1.29 is 25.2 Å². The molecule has 168 valence electrons. The van der Waals surface area contributed by atoms with Gasteiger partial charge in [-0.1, -0.05) is 54.4 Å². The van der Waals surface area contributed by atoms with Gasteiger partial charge in [-0.25, -0.2) is 8.78 Å². The number of rotatable bonds is 5. The van der Waals surface area contributed by atoms with Crippen LogP contribution in [0.2, 0.25) is 0 Å². The standard InChI is InChI=1S/C20H36F2.C2H6.3H2O/c1-13(2)11-19(21)15(4)17-9-10-18(20(22)12-17)16-7-5-14(3)6-8-16;1-2;;;/h13-20H,5-12H2,1-4H3;1-2H3;3*1H2. The Morgan fingerprint density at radius 1 is 0.852 bits per heavy atom. The first-order valence-corrected chi connectivity index (χ1v) is 10.7. The van der Waals surface area contributed by atoms with E-state index in [-0.39, 0.29) is 34.2 Å². The lowest BCUT2D eigenvalue weighted by molar-refractivity contribution is 0.0285. The molecule has 0 saturated heterocycles. The Kier molecular flexibility index (Phi) is 18.2. The first kappa shape index (κ1) is 31.4. The number of hydrogen-bond acceptors (Lipinski definition) is 0. The second-order valence-corrected chi connectivity index (χ2v) is 8.78. The summed E-state index contributed by atoms with van der Waals surface area (Å²) in [7, 11) is 0. The van der Waals surface area contributed by atoms with Gasteiger partial charge in [0.05, 0.1) is 0 Å². The molecule has 2 saturated carbocycles. The summed E-state index contributed by atoms with van der Waals surface area (Å²) in [5.41, 5.74) is 0. The van der Waals surface area contributed by atoms with Crippen molar-refractivity contribution in [1.82, 2.24) is 0 Å². The Labute approximate surface area is 166 Å². The maximum atomic E-state index is 14.7. The Balaban J connectivity index is -0.00000111. The average Bonchev–Trinajstić information content (AvgIpc) is 2.56. The molecule has 0 aliphatic heterocycles. The number of halogens is 2. The molecule has 0 aromatic rings. The summed E-state index contributed by atoms with van der Waals surface area (Å²) in [6.07, 6.45) is 6.78. The van der Waals surface area contributed by atoms with Gasteiger partial charge < -0.3 is 16.4 Å². The predicted molar refractivity (Wildman–Crippen MR) is 113 cm³/mol. The Bertz CT molecular complexity index is 334. The van der Waals surface area contributed by atoms with Crippen molar-refractivity contribution >= 4 is 0 Å². The van der Waals surface area contributed by atoms with Crippen molar-refractivity contribution in [1.29, 1.82) is 0 Å². The molecule has 5 heteroatoms. The molecule has 0 aromatic carbocycles. The van der Waals surface area contributed by atoms with Crippen LogP contribution in [-0.2, 0) is 0 Å². The highest BCUT2D eigenvalue weighted by molar-refractivity contribution is 4.89. The van der Waals surface area contributed by atoms with E-state index in [0.717, 1.165) is 18.8 Å². The largest absolute Gasteiger partial charge is 0.412 e. The van der Waals surface area contributed by atoms with E-state index in [1.54, 1.807) is 0 Å². The summed E-state index contributed by atoms with van der Waals surface area (Å²) < 4.78 is 29.1. The number of hydrogen-bond donors (Lipinski definition) is 0. The lowest BCUT2D eigenvalue weighted by atomic mass is 9.66. The van der Waals surface area contributed by atoms with Gasteiger partial charge in [-0.15, -0.1) is 0 Å². The molecule has 5 atom stereocenters. The summed E-state index contributed by atoms with van der Waals surface area (Å²) >= 11 is 0. The van der Waals surface area contributed by atoms with Crippen molar-refractivity contribution in [2.24, 2.45) is 35.5 Å². The van der Waals surface area contributed by atoms with E-state index in [4.69, 9.17) is 0 Å². The minimum absolute atomic E-state index is 0. The predicted octanol–water partition coefficient (Wildman–Crippen LogP) is 5.14. The molecule has 2 aliphatic carbocycles. The molecule has 2 fully saturated rings. The van der Waals surface area contributed by atoms with Crippen LogP contribution in [0.3, 0.4) is 0 Å². The topological polar surface area (TPSA) is 94.5 Å². The van der Waals surface area contributed by atoms with Crippen LogP contribution in [0.15, 0.2) is 0 Å². The van der Waals surface area contributed by atoms with Crippen LogP contribution in [0.1, 0.15) is 92.9 Å². The summed E-state index contributed by atoms with van der Waals surface area (Å²) in [6.45, 7) is 12.5. The van der Waals surface area contributed by atoms with E-state index in [1.807, 2.05) is 20.8 Å². The molecule has 0 heterocycles. The van der Waals surface area contributed by atoms with Crippen molar-refractivity contribution in [3.05, 3.63) is 0 Å². The van der Waals surface area contributed by atoms with Gasteiger partial charge in [0.25, 0.3) is 0 Å². The molecule has 0 spiro atoms. The van der Waals surface area contributed by atoms with Gasteiger partial charge in [0.15, 0.2) is 0 Å². The SMILES string of the molecule is CC.CC(C)CC(F)C(C)C1CCC(C2CCC(C)CC2)C(F)C1.O.O.O. The molecule has 27 heavy (non-hydrogen) atoms. The molecule has 3 nitrogen and oxygen atoms in total. The Morgan fingerprint density at radius 3 is 1.81 bits per heavy atom. The van der Waals surface area contributed by atoms with Crippen molar-refractivity contribution in [2.45, 2.75) is 105 Å². The van der Waals surface area contributed by atoms with Gasteiger partial charge in [0.2, 0.25) is 0 Å². The summed E-state index contributed by atoms with van der Waals surface area (Å²) in [5.74, 6) is 2.35. The van der Waals surface area contributed by atoms with Crippen molar-refractivity contribution in [3.63, 3.8) is 0 Å². The molecular formula is C22H48F2O3. The van der Waals surface area contributed by atoms with E-state index in [1.165, 1.54) is 25.7 Å². The van der Waals surface area contributed by atoms with Crippen LogP contribution < -0.4 is 0 Å². The Morgan fingerprint density at radius 2 is 1.37 bits per heavy atom. The van der Waals surface area contributed by atoms with E-state index < -0.39 is 12.3 Å². The summed E-state index contributed by atoms with van der Waals surface area (Å²) in [5, 5.41) is 0. The normalized spacial score (nSPS) is 32.6. The number of alkyl halides is 2. The van der Waals surface area contributed by atoms with Crippen LogP contribution >= 0.6 is 0 Å². The van der Waals surface area contributed by atoms with Crippen LogP contribution in [0.5, 0.6) is 0 Å². The minimum atomic E-state index is -0.760. The summed E-state index contributed by atoms with van der Waals surface area (Å²) in [4.78, 5) is 0. The van der Waals surface area contributed by atoms with Gasteiger partial charge in [0, 0.05) is 0 Å². The average molecular weight is 399 g/mol. The smallest absolute Gasteiger partial charge is 0.103 e. The van der Waals surface area contributed by atoms with Crippen LogP contribution in [0, 0.1) is 35.5 Å². The molecule has 0 radical (unpaired) electrons. The quantitative estimate of drug-likeness (QED) is 0.613. The van der Waals surface area contributed by atoms with Gasteiger partial charge in [0.1, 0.15) is 12.3 Å². The molecule has 0 bridgehead atoms. The van der Waals surface area contributed by atoms with E-state index in [2.05, 4.69) is 20.8 Å². The van der Waals surface area contributed by atoms with E-state index >= 15 is 0 Å². The van der Waals surface area contributed by atoms with Gasteiger partial charge in [-0.05, 0) is 74.0 Å². The molecule has 0 amide bonds. The van der Waals surface area contributed by atoms with Crippen LogP contribution in [-0.4, -0.2) is 28.8 Å². The van der Waals surface area contributed by atoms with E-state index in [9.17, 15) is 8.78 Å². The van der Waals surface area contributed by atoms with Crippen molar-refractivity contribution in [3.8, 4) is 0 Å². The minimum Gasteiger partial charge on any atom is -0.412 e. The fourth-order valence-electron chi connectivity index (χ4n) is 4.85. The van der Waals surface area contributed by atoms with E-state index in [0.29, 0.717) is 24.7 Å². The zero-order valence-electron chi connectivity index (χ0n) is 18.5. The highest BCUT2D eigenvalue weighted by Gasteiger charge is 2.39. The first-order chi connectivity index (χ1) is 11.4. The maximum absolute atomic E-state index is 14.7. The monoisotopic (exact) mass is 398 g/mol.